The molecule has 2 atom stereocenters. The van der Waals surface area contributed by atoms with E-state index in [1.54, 1.807) is 0 Å². The number of hydrogen-bond donors (Lipinski definition) is 2. The van der Waals surface area contributed by atoms with Crippen molar-refractivity contribution in [1.29, 1.82) is 0 Å². The van der Waals surface area contributed by atoms with Crippen LogP contribution < -0.4 is 5.32 Å². The molecule has 0 radical (unpaired) electrons. The van der Waals surface area contributed by atoms with Crippen LogP contribution in [0.4, 0.5) is 0 Å². The lowest BCUT2D eigenvalue weighted by atomic mass is 10.1. The van der Waals surface area contributed by atoms with Crippen LogP contribution in [0.1, 0.15) is 252 Å². The van der Waals surface area contributed by atoms with E-state index in [-0.39, 0.29) is 36.0 Å². The van der Waals surface area contributed by atoms with Crippen molar-refractivity contribution < 1.29 is 33.8 Å². The fourth-order valence-corrected chi connectivity index (χ4v) is 8.22. The number of carbonyl (C=O) groups is 4. The zero-order valence-corrected chi connectivity index (χ0v) is 38.4. The first-order chi connectivity index (χ1) is 27.8. The largest absolute Gasteiger partial charge is 0.480 e. The van der Waals surface area contributed by atoms with E-state index in [1.807, 2.05) is 0 Å². The third-order valence-electron chi connectivity index (χ3n) is 10.9. The van der Waals surface area contributed by atoms with Crippen LogP contribution in [-0.2, 0) is 28.7 Å². The summed E-state index contributed by atoms with van der Waals surface area (Å²) in [6, 6.07) is -1.04. The van der Waals surface area contributed by atoms with Gasteiger partial charge in [0.05, 0.1) is 0 Å². The molecule has 1 amide bonds. The maximum Gasteiger partial charge on any atom is 0.327 e. The summed E-state index contributed by atoms with van der Waals surface area (Å²) in [6.45, 7) is 6.68. The highest BCUT2D eigenvalue weighted by Crippen LogP contribution is 2.17. The lowest BCUT2D eigenvalue weighted by molar-refractivity contribution is -0.157. The van der Waals surface area contributed by atoms with Gasteiger partial charge < -0.3 is 19.9 Å². The SMILES string of the molecule is CCCCCCCCCCCCCC(=O)N[C@@H](CSC[C@H](COC(=O)CCCCCCCCCCCCC)OC(=O)CCCCCCCCCCCCC)C(=O)O. The van der Waals surface area contributed by atoms with Gasteiger partial charge in [-0.2, -0.15) is 11.8 Å². The van der Waals surface area contributed by atoms with Gasteiger partial charge in [-0.25, -0.2) is 4.79 Å². The number of aliphatic carboxylic acids is 1. The molecule has 336 valence electrons. The first-order valence-electron chi connectivity index (χ1n) is 24.3. The summed E-state index contributed by atoms with van der Waals surface area (Å²) in [6.07, 6.45) is 39.9. The van der Waals surface area contributed by atoms with E-state index in [0.717, 1.165) is 57.8 Å². The molecule has 9 heteroatoms. The smallest absolute Gasteiger partial charge is 0.327 e. The summed E-state index contributed by atoms with van der Waals surface area (Å²) >= 11 is 1.30. The second-order valence-electron chi connectivity index (χ2n) is 16.6. The van der Waals surface area contributed by atoms with Crippen molar-refractivity contribution in [3.8, 4) is 0 Å². The van der Waals surface area contributed by atoms with Gasteiger partial charge in [0.25, 0.3) is 0 Å². The molecular formula is C48H91NO7S. The Kier molecular flexibility index (Phi) is 42.4. The lowest BCUT2D eigenvalue weighted by Crippen LogP contribution is -2.42. The molecule has 0 aliphatic rings. The Labute approximate surface area is 355 Å². The molecule has 0 aromatic rings. The maximum atomic E-state index is 12.8. The minimum Gasteiger partial charge on any atom is -0.480 e. The van der Waals surface area contributed by atoms with Crippen molar-refractivity contribution in [3.05, 3.63) is 0 Å². The molecule has 0 aliphatic heterocycles. The van der Waals surface area contributed by atoms with Crippen molar-refractivity contribution >= 4 is 35.6 Å². The second-order valence-corrected chi connectivity index (χ2v) is 17.7. The van der Waals surface area contributed by atoms with Crippen LogP contribution in [0.15, 0.2) is 0 Å². The maximum absolute atomic E-state index is 12.8. The van der Waals surface area contributed by atoms with Gasteiger partial charge in [-0.15, -0.1) is 0 Å². The van der Waals surface area contributed by atoms with Gasteiger partial charge in [0.1, 0.15) is 18.8 Å². The number of hydrogen-bond acceptors (Lipinski definition) is 7. The number of rotatable bonds is 45. The summed E-state index contributed by atoms with van der Waals surface area (Å²) < 4.78 is 11.3. The summed E-state index contributed by atoms with van der Waals surface area (Å²) in [7, 11) is 0. The van der Waals surface area contributed by atoms with Crippen LogP contribution in [0.25, 0.3) is 0 Å². The fraction of sp³-hybridized carbons (Fsp3) is 0.917. The third kappa shape index (κ3) is 40.8. The molecule has 0 rings (SSSR count). The number of esters is 2. The van der Waals surface area contributed by atoms with Gasteiger partial charge in [0, 0.05) is 30.8 Å². The number of nitrogens with one attached hydrogen (secondary N) is 1. The quantitative estimate of drug-likeness (QED) is 0.0460. The summed E-state index contributed by atoms with van der Waals surface area (Å²) in [5.74, 6) is -1.51. The minimum atomic E-state index is -1.08. The van der Waals surface area contributed by atoms with Crippen LogP contribution in [0, 0.1) is 0 Å². The second kappa shape index (κ2) is 43.8. The average Bonchev–Trinajstić information content (AvgIpc) is 3.19. The van der Waals surface area contributed by atoms with E-state index in [1.165, 1.54) is 166 Å². The van der Waals surface area contributed by atoms with E-state index in [4.69, 9.17) is 9.47 Å². The third-order valence-corrected chi connectivity index (χ3v) is 12.1. The van der Waals surface area contributed by atoms with Crippen molar-refractivity contribution in [2.45, 2.75) is 264 Å². The highest BCUT2D eigenvalue weighted by atomic mass is 32.2. The molecular weight excluding hydrogens is 735 g/mol. The van der Waals surface area contributed by atoms with Crippen molar-refractivity contribution in [2.24, 2.45) is 0 Å². The van der Waals surface area contributed by atoms with Crippen LogP contribution in [0.3, 0.4) is 0 Å². The van der Waals surface area contributed by atoms with E-state index in [2.05, 4.69) is 26.1 Å². The molecule has 0 bridgehead atoms. The van der Waals surface area contributed by atoms with Crippen LogP contribution in [-0.4, -0.2) is 59.2 Å². The predicted molar refractivity (Wildman–Crippen MR) is 241 cm³/mol. The number of carbonyl (C=O) groups excluding carboxylic acids is 3. The van der Waals surface area contributed by atoms with Crippen LogP contribution in [0.5, 0.6) is 0 Å². The predicted octanol–water partition coefficient (Wildman–Crippen LogP) is 13.8. The molecule has 0 heterocycles. The minimum absolute atomic E-state index is 0.0448. The Morgan fingerprint density at radius 2 is 0.789 bits per heavy atom. The first kappa shape index (κ1) is 55.2. The Morgan fingerprint density at radius 3 is 1.16 bits per heavy atom. The van der Waals surface area contributed by atoms with Gasteiger partial charge in [-0.05, 0) is 19.3 Å². The highest BCUT2D eigenvalue weighted by Gasteiger charge is 2.23. The molecule has 0 saturated heterocycles. The lowest BCUT2D eigenvalue weighted by Gasteiger charge is -2.19. The molecule has 0 aliphatic carbocycles. The van der Waals surface area contributed by atoms with Gasteiger partial charge in [0.15, 0.2) is 0 Å². The topological polar surface area (TPSA) is 119 Å². The van der Waals surface area contributed by atoms with Gasteiger partial charge in [0.2, 0.25) is 5.91 Å². The Balaban J connectivity index is 4.62. The van der Waals surface area contributed by atoms with Crippen molar-refractivity contribution in [2.75, 3.05) is 18.1 Å². The normalized spacial score (nSPS) is 12.3. The van der Waals surface area contributed by atoms with Crippen LogP contribution >= 0.6 is 11.8 Å². The molecule has 8 nitrogen and oxygen atoms in total. The van der Waals surface area contributed by atoms with E-state index in [0.29, 0.717) is 19.3 Å². The number of carboxylic acid groups (broad SMARTS) is 1. The summed E-state index contributed by atoms with van der Waals surface area (Å²) in [4.78, 5) is 50.0. The van der Waals surface area contributed by atoms with Crippen LogP contribution in [0.2, 0.25) is 0 Å². The zero-order chi connectivity index (χ0) is 41.9. The van der Waals surface area contributed by atoms with Crippen molar-refractivity contribution in [1.82, 2.24) is 5.32 Å². The van der Waals surface area contributed by atoms with Gasteiger partial charge in [-0.1, -0.05) is 213 Å². The first-order valence-corrected chi connectivity index (χ1v) is 25.4. The molecule has 0 saturated carbocycles. The van der Waals surface area contributed by atoms with Gasteiger partial charge in [-0.3, -0.25) is 14.4 Å². The zero-order valence-electron chi connectivity index (χ0n) is 37.5. The van der Waals surface area contributed by atoms with E-state index >= 15 is 0 Å². The Bertz CT molecular complexity index is 932. The Hall–Kier alpha value is -1.77. The number of unbranched alkanes of at least 4 members (excludes halogenated alkanes) is 30. The fourth-order valence-electron chi connectivity index (χ4n) is 7.19. The Morgan fingerprint density at radius 1 is 0.456 bits per heavy atom. The average molecular weight is 826 g/mol. The summed E-state index contributed by atoms with van der Waals surface area (Å²) in [5, 5.41) is 12.5. The van der Waals surface area contributed by atoms with E-state index in [9.17, 15) is 24.3 Å². The molecule has 0 aromatic carbocycles. The molecule has 0 unspecified atom stereocenters. The summed E-state index contributed by atoms with van der Waals surface area (Å²) in [5.41, 5.74) is 0. The molecule has 2 N–H and O–H groups in total. The molecule has 0 spiro atoms. The standard InChI is InChI=1S/C48H91NO7S/c1-4-7-10-13-16-19-22-25-28-31-34-37-45(50)49-44(48(53)54)42-57-41-43(56-47(52)39-36-33-30-27-24-21-18-15-12-9-6-3)40-55-46(51)38-35-32-29-26-23-20-17-14-11-8-5-2/h43-44H,4-42H2,1-3H3,(H,49,50)(H,53,54)/t43-,44-/m0/s1. The number of ether oxygens (including phenoxy) is 2. The van der Waals surface area contributed by atoms with E-state index < -0.39 is 18.1 Å². The molecule has 0 fully saturated rings. The highest BCUT2D eigenvalue weighted by molar-refractivity contribution is 7.99. The molecule has 0 aromatic heterocycles. The number of amides is 1. The van der Waals surface area contributed by atoms with Crippen molar-refractivity contribution in [3.63, 3.8) is 0 Å². The number of thioether (sulfide) groups is 1. The van der Waals surface area contributed by atoms with Gasteiger partial charge >= 0.3 is 17.9 Å². The number of carboxylic acids is 1. The molecule has 57 heavy (non-hydrogen) atoms. The monoisotopic (exact) mass is 826 g/mol.